The first-order valence-electron chi connectivity index (χ1n) is 5.57. The molecule has 0 radical (unpaired) electrons. The first kappa shape index (κ1) is 18.9. The van der Waals surface area contributed by atoms with Crippen LogP contribution in [-0.4, -0.2) is 36.6 Å². The molecular formula is C11H12BrCl2NO4S2. The Balaban J connectivity index is 3.12. The number of amides is 1. The van der Waals surface area contributed by atoms with E-state index in [0.29, 0.717) is 0 Å². The van der Waals surface area contributed by atoms with Gasteiger partial charge >= 0.3 is 0 Å². The number of benzene rings is 1. The predicted molar refractivity (Wildman–Crippen MR) is 88.1 cm³/mol. The molecule has 0 heterocycles. The van der Waals surface area contributed by atoms with Gasteiger partial charge in [-0.1, -0.05) is 11.6 Å². The normalized spacial score (nSPS) is 14.5. The van der Waals surface area contributed by atoms with E-state index in [0.717, 1.165) is 6.07 Å². The van der Waals surface area contributed by atoms with Gasteiger partial charge in [-0.15, -0.1) is 0 Å². The summed E-state index contributed by atoms with van der Waals surface area (Å²) in [5.74, 6) is -0.236. The van der Waals surface area contributed by atoms with Gasteiger partial charge in [-0.2, -0.15) is 0 Å². The van der Waals surface area contributed by atoms with Gasteiger partial charge in [0.05, 0.1) is 14.4 Å². The van der Waals surface area contributed by atoms with Gasteiger partial charge in [0, 0.05) is 45.1 Å². The van der Waals surface area contributed by atoms with Crippen molar-refractivity contribution in [2.75, 3.05) is 12.0 Å². The number of hydrogen-bond donors (Lipinski definition) is 1. The van der Waals surface area contributed by atoms with Gasteiger partial charge < -0.3 is 5.32 Å². The van der Waals surface area contributed by atoms with Gasteiger partial charge in [-0.25, -0.2) is 8.42 Å². The zero-order valence-corrected chi connectivity index (χ0v) is 15.8. The fourth-order valence-corrected chi connectivity index (χ4v) is 4.74. The molecule has 0 aliphatic heterocycles. The summed E-state index contributed by atoms with van der Waals surface area (Å²) in [5, 5.41) is 2.66. The summed E-state index contributed by atoms with van der Waals surface area (Å²) in [7, 11) is 0.191. The third-order valence-electron chi connectivity index (χ3n) is 2.38. The van der Waals surface area contributed by atoms with Gasteiger partial charge in [0.15, 0.2) is 0 Å². The zero-order chi connectivity index (χ0) is 16.4. The summed E-state index contributed by atoms with van der Waals surface area (Å²) < 4.78 is 34.1. The average Bonchev–Trinajstić information content (AvgIpc) is 2.29. The highest BCUT2D eigenvalue weighted by Gasteiger charge is 2.21. The molecule has 5 nitrogen and oxygen atoms in total. The second-order valence-corrected chi connectivity index (χ2v) is 9.54. The van der Waals surface area contributed by atoms with Crippen molar-refractivity contribution >= 4 is 64.0 Å². The van der Waals surface area contributed by atoms with Crippen LogP contribution in [0.1, 0.15) is 17.3 Å². The van der Waals surface area contributed by atoms with E-state index in [2.05, 4.69) is 21.2 Å². The Kier molecular flexibility index (Phi) is 6.67. The molecule has 118 valence electrons. The Morgan fingerprint density at radius 1 is 1.48 bits per heavy atom. The molecule has 0 bridgehead atoms. The Labute approximate surface area is 143 Å². The minimum atomic E-state index is -4.05. The van der Waals surface area contributed by atoms with Gasteiger partial charge in [0.2, 0.25) is 0 Å². The van der Waals surface area contributed by atoms with Crippen LogP contribution in [-0.2, 0) is 19.9 Å². The minimum absolute atomic E-state index is 0.0496. The van der Waals surface area contributed by atoms with Gasteiger partial charge in [-0.05, 0) is 35.0 Å². The second-order valence-electron chi connectivity index (χ2n) is 4.32. The molecule has 0 fully saturated rings. The third-order valence-corrected chi connectivity index (χ3v) is 6.34. The fraction of sp³-hybridized carbons (Fsp3) is 0.364. The van der Waals surface area contributed by atoms with Crippen LogP contribution in [0.4, 0.5) is 0 Å². The molecule has 1 rings (SSSR count). The Hall–Kier alpha value is -0.150. The quantitative estimate of drug-likeness (QED) is 0.719. The number of rotatable bonds is 5. The molecule has 2 unspecified atom stereocenters. The lowest BCUT2D eigenvalue weighted by Crippen LogP contribution is -2.36. The average molecular weight is 437 g/mol. The Bertz CT molecular complexity index is 694. The molecule has 0 aliphatic rings. The largest absolute Gasteiger partial charge is 0.349 e. The van der Waals surface area contributed by atoms with Gasteiger partial charge in [-0.3, -0.25) is 9.00 Å². The van der Waals surface area contributed by atoms with E-state index in [1.807, 2.05) is 0 Å². The zero-order valence-electron chi connectivity index (χ0n) is 11.0. The van der Waals surface area contributed by atoms with Crippen LogP contribution in [0.25, 0.3) is 0 Å². The molecule has 0 spiro atoms. The highest BCUT2D eigenvalue weighted by Crippen LogP contribution is 2.33. The molecule has 1 N–H and O–H groups in total. The molecule has 1 amide bonds. The molecule has 21 heavy (non-hydrogen) atoms. The molecule has 2 atom stereocenters. The van der Waals surface area contributed by atoms with Crippen LogP contribution in [0.5, 0.6) is 0 Å². The van der Waals surface area contributed by atoms with Crippen molar-refractivity contribution in [1.82, 2.24) is 5.32 Å². The molecule has 1 aromatic rings. The summed E-state index contributed by atoms with van der Waals surface area (Å²) in [6, 6.07) is 2.12. The van der Waals surface area contributed by atoms with E-state index in [1.165, 1.54) is 12.3 Å². The maximum absolute atomic E-state index is 12.1. The van der Waals surface area contributed by atoms with Gasteiger partial charge in [0.25, 0.3) is 15.0 Å². The lowest BCUT2D eigenvalue weighted by molar-refractivity contribution is 0.0943. The van der Waals surface area contributed by atoms with E-state index in [-0.39, 0.29) is 31.7 Å². The van der Waals surface area contributed by atoms with Crippen LogP contribution >= 0.6 is 38.2 Å². The number of halogens is 3. The molecule has 0 aliphatic carbocycles. The van der Waals surface area contributed by atoms with E-state index in [1.54, 1.807) is 6.92 Å². The van der Waals surface area contributed by atoms with Crippen LogP contribution in [0, 0.1) is 0 Å². The monoisotopic (exact) mass is 435 g/mol. The van der Waals surface area contributed by atoms with Crippen molar-refractivity contribution in [2.45, 2.75) is 17.9 Å². The van der Waals surface area contributed by atoms with E-state index in [4.69, 9.17) is 22.3 Å². The molecular weight excluding hydrogens is 425 g/mol. The van der Waals surface area contributed by atoms with Crippen molar-refractivity contribution in [3.63, 3.8) is 0 Å². The fourth-order valence-electron chi connectivity index (χ4n) is 1.57. The summed E-state index contributed by atoms with van der Waals surface area (Å²) in [5.41, 5.74) is 0.0520. The van der Waals surface area contributed by atoms with Crippen molar-refractivity contribution < 1.29 is 17.4 Å². The summed E-state index contributed by atoms with van der Waals surface area (Å²) in [6.45, 7) is 1.69. The Morgan fingerprint density at radius 3 is 2.52 bits per heavy atom. The number of nitrogens with one attached hydrogen (secondary N) is 1. The molecule has 0 saturated carbocycles. The number of carbonyl (C=O) groups is 1. The highest BCUT2D eigenvalue weighted by atomic mass is 79.9. The first-order valence-corrected chi connectivity index (χ1v) is 10.8. The molecule has 0 saturated heterocycles. The summed E-state index contributed by atoms with van der Waals surface area (Å²) >= 11 is 8.91. The third kappa shape index (κ3) is 5.52. The maximum Gasteiger partial charge on any atom is 0.262 e. The minimum Gasteiger partial charge on any atom is -0.349 e. The molecule has 10 heteroatoms. The van der Waals surface area contributed by atoms with E-state index >= 15 is 0 Å². The van der Waals surface area contributed by atoms with Gasteiger partial charge in [0.1, 0.15) is 0 Å². The van der Waals surface area contributed by atoms with E-state index in [9.17, 15) is 17.4 Å². The summed E-state index contributed by atoms with van der Waals surface area (Å²) in [4.78, 5) is 11.8. The number of hydrogen-bond acceptors (Lipinski definition) is 4. The lowest BCUT2D eigenvalue weighted by atomic mass is 10.2. The lowest BCUT2D eigenvalue weighted by Gasteiger charge is -2.13. The predicted octanol–water partition coefficient (Wildman–Crippen LogP) is 2.53. The molecule has 0 aromatic heterocycles. The maximum atomic E-state index is 12.1. The topological polar surface area (TPSA) is 80.3 Å². The SMILES string of the molecule is CC(CS(C)=O)NC(=O)c1cc(Cl)c(Br)c(S(=O)(=O)Cl)c1. The van der Waals surface area contributed by atoms with Crippen LogP contribution < -0.4 is 5.32 Å². The van der Waals surface area contributed by atoms with Crippen molar-refractivity contribution in [3.8, 4) is 0 Å². The van der Waals surface area contributed by atoms with Crippen LogP contribution in [0.2, 0.25) is 5.02 Å². The smallest absolute Gasteiger partial charge is 0.262 e. The standard InChI is InChI=1S/C11H12BrCl2NO4S2/c1-6(5-20(2)17)15-11(16)7-3-8(13)10(12)9(4-7)21(14,18)19/h3-4,6H,5H2,1-2H3,(H,15,16). The highest BCUT2D eigenvalue weighted by molar-refractivity contribution is 9.10. The number of carbonyl (C=O) groups excluding carboxylic acids is 1. The molecule has 1 aromatic carbocycles. The first-order chi connectivity index (χ1) is 9.52. The van der Waals surface area contributed by atoms with Crippen molar-refractivity contribution in [1.29, 1.82) is 0 Å². The van der Waals surface area contributed by atoms with E-state index < -0.39 is 25.8 Å². The Morgan fingerprint density at radius 2 is 2.05 bits per heavy atom. The van der Waals surface area contributed by atoms with Crippen LogP contribution in [0.15, 0.2) is 21.5 Å². The summed E-state index contributed by atoms with van der Waals surface area (Å²) in [6.07, 6.45) is 1.53. The van der Waals surface area contributed by atoms with Crippen LogP contribution in [0.3, 0.4) is 0 Å². The second kappa shape index (κ2) is 7.41. The van der Waals surface area contributed by atoms with Crippen molar-refractivity contribution in [3.05, 3.63) is 27.2 Å². The van der Waals surface area contributed by atoms with Crippen molar-refractivity contribution in [2.24, 2.45) is 0 Å².